The van der Waals surface area contributed by atoms with Crippen molar-refractivity contribution >= 4 is 0 Å². The van der Waals surface area contributed by atoms with Crippen molar-refractivity contribution < 1.29 is 57.9 Å². The Morgan fingerprint density at radius 3 is 1.65 bits per heavy atom. The fourth-order valence-electron chi connectivity index (χ4n) is 1.28. The van der Waals surface area contributed by atoms with E-state index in [4.69, 9.17) is 4.74 Å². The van der Waals surface area contributed by atoms with Gasteiger partial charge in [0.2, 0.25) is 0 Å². The molecule has 131 valence electrons. The van der Waals surface area contributed by atoms with Gasteiger partial charge in [0.1, 0.15) is 0 Å². The summed E-state index contributed by atoms with van der Waals surface area (Å²) >= 11 is 0. The first-order chi connectivity index (χ1) is 10.2. The van der Waals surface area contributed by atoms with Crippen molar-refractivity contribution in [3.63, 3.8) is 0 Å². The number of methoxy groups -OCH3 is 1. The molecule has 0 saturated carbocycles. The fraction of sp³-hybridized carbons (Fsp3) is 0.143. The molecule has 1 nitrogen and oxygen atoms in total. The summed E-state index contributed by atoms with van der Waals surface area (Å²) in [4.78, 5) is 0. The van der Waals surface area contributed by atoms with Crippen LogP contribution in [0.25, 0.3) is 0 Å². The van der Waals surface area contributed by atoms with Crippen molar-refractivity contribution in [2.75, 3.05) is 7.11 Å². The van der Waals surface area contributed by atoms with Gasteiger partial charge in [0, 0.05) is 45.3 Å². The molecule has 0 aliphatic carbocycles. The third-order valence-electron chi connectivity index (χ3n) is 2.25. The summed E-state index contributed by atoms with van der Waals surface area (Å²) < 4.78 is 89.7. The molecule has 2 rings (SSSR count). The van der Waals surface area contributed by atoms with Crippen LogP contribution in [-0.4, -0.2) is 7.11 Å². The zero-order valence-corrected chi connectivity index (χ0v) is 13.3. The second-order valence-corrected chi connectivity index (χ2v) is 3.69. The molecule has 0 aliphatic rings. The second kappa shape index (κ2) is 8.95. The number of halogens is 7. The first-order valence-corrected chi connectivity index (χ1v) is 5.51. The van der Waals surface area contributed by atoms with Gasteiger partial charge in [-0.25, -0.2) is 8.78 Å². The quantitative estimate of drug-likeness (QED) is 0.232. The molecule has 0 aliphatic heterocycles. The van der Waals surface area contributed by atoms with Crippen LogP contribution in [0.4, 0.5) is 30.7 Å². The summed E-state index contributed by atoms with van der Waals surface area (Å²) in [5.74, 6) is -8.55. The third-order valence-corrected chi connectivity index (χ3v) is 2.25. The van der Waals surface area contributed by atoms with Crippen molar-refractivity contribution in [2.24, 2.45) is 0 Å². The second-order valence-electron chi connectivity index (χ2n) is 3.69. The van der Waals surface area contributed by atoms with Crippen LogP contribution < -0.4 is 4.74 Å². The summed E-state index contributed by atoms with van der Waals surface area (Å²) in [5.41, 5.74) is -2.59. The summed E-state index contributed by atoms with van der Waals surface area (Å²) in [6, 6.07) is 11.1. The maximum atomic E-state index is 12.4. The minimum absolute atomic E-state index is 0. The molecule has 0 heterocycles. The summed E-state index contributed by atoms with van der Waals surface area (Å²) in [6.07, 6.45) is -5.50. The molecule has 0 bridgehead atoms. The molecular formula is C14H7AuF7O-2. The van der Waals surface area contributed by atoms with Crippen molar-refractivity contribution in [1.29, 1.82) is 0 Å². The van der Waals surface area contributed by atoms with E-state index < -0.39 is 35.0 Å². The Bertz CT molecular complexity index is 603. The molecule has 0 unspecified atom stereocenters. The van der Waals surface area contributed by atoms with Crippen molar-refractivity contribution in [1.82, 2.24) is 0 Å². The third kappa shape index (κ3) is 5.89. The number of benzene rings is 2. The van der Waals surface area contributed by atoms with Gasteiger partial charge in [0.25, 0.3) is 0 Å². The average molecular weight is 521 g/mol. The number of hydrogen-bond acceptors (Lipinski definition) is 1. The molecule has 9 heteroatoms. The Morgan fingerprint density at radius 2 is 1.35 bits per heavy atom. The van der Waals surface area contributed by atoms with E-state index in [1.807, 2.05) is 24.3 Å². The zero-order valence-electron chi connectivity index (χ0n) is 11.2. The average Bonchev–Trinajstić information content (AvgIpc) is 2.45. The van der Waals surface area contributed by atoms with Gasteiger partial charge in [0.05, 0.1) is 18.7 Å². The molecule has 0 atom stereocenters. The van der Waals surface area contributed by atoms with E-state index in [1.54, 1.807) is 7.11 Å². The van der Waals surface area contributed by atoms with E-state index in [1.165, 1.54) is 0 Å². The molecular weight excluding hydrogens is 514 g/mol. The van der Waals surface area contributed by atoms with Crippen LogP contribution in [0.3, 0.4) is 0 Å². The van der Waals surface area contributed by atoms with Crippen LogP contribution in [0.15, 0.2) is 24.3 Å². The molecule has 0 aromatic heterocycles. The molecule has 0 amide bonds. The molecule has 0 N–H and O–H groups in total. The number of alkyl halides is 3. The normalized spacial score (nSPS) is 10.3. The summed E-state index contributed by atoms with van der Waals surface area (Å²) in [5, 5.41) is 0. The van der Waals surface area contributed by atoms with Gasteiger partial charge < -0.3 is 4.74 Å². The van der Waals surface area contributed by atoms with Gasteiger partial charge in [-0.05, 0) is 0 Å². The maximum Gasteiger partial charge on any atom is 0.400 e. The Labute approximate surface area is 142 Å². The van der Waals surface area contributed by atoms with Gasteiger partial charge in [0.15, 0.2) is 0 Å². The van der Waals surface area contributed by atoms with E-state index in [9.17, 15) is 30.7 Å². The zero-order chi connectivity index (χ0) is 16.9. The van der Waals surface area contributed by atoms with Crippen molar-refractivity contribution in [3.05, 3.63) is 65.2 Å². The van der Waals surface area contributed by atoms with Crippen molar-refractivity contribution in [2.45, 2.75) is 6.18 Å². The Hall–Kier alpha value is -1.51. The fourth-order valence-corrected chi connectivity index (χ4v) is 1.28. The van der Waals surface area contributed by atoms with Crippen LogP contribution in [0.2, 0.25) is 0 Å². The Morgan fingerprint density at radius 1 is 0.913 bits per heavy atom. The molecule has 0 fully saturated rings. The van der Waals surface area contributed by atoms with Crippen LogP contribution >= 0.6 is 0 Å². The van der Waals surface area contributed by atoms with Gasteiger partial charge in [-0.15, -0.1) is 18.2 Å². The van der Waals surface area contributed by atoms with Gasteiger partial charge >= 0.3 is 6.18 Å². The monoisotopic (exact) mass is 521 g/mol. The minimum Gasteiger partial charge on any atom is -0.522 e. The summed E-state index contributed by atoms with van der Waals surface area (Å²) in [6.45, 7) is 0. The standard InChI is InChI=1S/C7F7.C7H7O.Au/c8-2-1-3(9)6(11)4(5(2)10)7(12,13)14;1-8-7-5-3-2-4-6-7;/h;3-6H,1H3;/q2*-1;. The first kappa shape index (κ1) is 21.5. The molecule has 2 aromatic rings. The maximum absolute atomic E-state index is 12.4. The smallest absolute Gasteiger partial charge is 0.400 e. The molecule has 1 radical (unpaired) electrons. The molecule has 2 aromatic carbocycles. The van der Waals surface area contributed by atoms with Gasteiger partial charge in [-0.2, -0.15) is 31.4 Å². The first-order valence-electron chi connectivity index (χ1n) is 5.51. The summed E-state index contributed by atoms with van der Waals surface area (Å²) in [7, 11) is 1.65. The van der Waals surface area contributed by atoms with Crippen LogP contribution in [-0.2, 0) is 28.6 Å². The van der Waals surface area contributed by atoms with Crippen LogP contribution in [0.1, 0.15) is 5.56 Å². The van der Waals surface area contributed by atoms with Crippen LogP contribution in [0.5, 0.6) is 5.75 Å². The van der Waals surface area contributed by atoms with E-state index in [0.717, 1.165) is 11.8 Å². The van der Waals surface area contributed by atoms with Crippen LogP contribution in [0, 0.1) is 35.4 Å². The molecule has 23 heavy (non-hydrogen) atoms. The predicted molar refractivity (Wildman–Crippen MR) is 61.9 cm³/mol. The van der Waals surface area contributed by atoms with Gasteiger partial charge in [-0.3, -0.25) is 8.78 Å². The largest absolute Gasteiger partial charge is 0.522 e. The van der Waals surface area contributed by atoms with E-state index in [-0.39, 0.29) is 22.4 Å². The predicted octanol–water partition coefficient (Wildman–Crippen LogP) is 4.55. The Balaban J connectivity index is 0.000000460. The minimum atomic E-state index is -5.50. The number of rotatable bonds is 1. The van der Waals surface area contributed by atoms with E-state index in [0.29, 0.717) is 0 Å². The molecule has 0 spiro atoms. The Kier molecular flexibility index (Phi) is 8.36. The topological polar surface area (TPSA) is 9.23 Å². The SMILES string of the molecule is COc1cc[c-]cc1.Fc1[c-]c(F)c(F)c(C(F)(F)F)c1F.[Au]. The van der Waals surface area contributed by atoms with Gasteiger partial charge in [-0.1, -0.05) is 0 Å². The number of ether oxygens (including phenoxy) is 1. The van der Waals surface area contributed by atoms with Crippen molar-refractivity contribution in [3.8, 4) is 5.75 Å². The molecule has 0 saturated heterocycles. The number of hydrogen-bond donors (Lipinski definition) is 0. The van der Waals surface area contributed by atoms with E-state index in [2.05, 4.69) is 6.07 Å². The van der Waals surface area contributed by atoms with E-state index >= 15 is 0 Å².